The lowest BCUT2D eigenvalue weighted by Gasteiger charge is -1.97. The molecule has 0 fully saturated rings. The van der Waals surface area contributed by atoms with E-state index >= 15 is 0 Å². The van der Waals surface area contributed by atoms with Crippen molar-refractivity contribution in [2.24, 2.45) is 0 Å². The van der Waals surface area contributed by atoms with Crippen LogP contribution in [-0.2, 0) is 0 Å². The number of nitrogens with zero attached hydrogens (tertiary/aromatic N) is 2. The average Bonchev–Trinajstić information content (AvgIpc) is 2.77. The van der Waals surface area contributed by atoms with Gasteiger partial charge in [0, 0.05) is 5.56 Å². The Bertz CT molecular complexity index is 628. The molecule has 0 spiro atoms. The molecule has 5 nitrogen and oxygen atoms in total. The minimum Gasteiger partial charge on any atom is -0.475 e. The number of halogens is 1. The Morgan fingerprint density at radius 3 is 2.82 bits per heavy atom. The van der Waals surface area contributed by atoms with E-state index in [4.69, 9.17) is 14.8 Å². The number of aromatic nitrogens is 1. The third-order valence-corrected chi connectivity index (χ3v) is 1.99. The SMILES string of the molecule is N#Cc1cc(F)cc(-c2ncc(C(=O)O)o2)c1. The summed E-state index contributed by atoms with van der Waals surface area (Å²) < 4.78 is 18.0. The fraction of sp³-hybridized carbons (Fsp3) is 0. The lowest BCUT2D eigenvalue weighted by molar-refractivity contribution is 0.0663. The van der Waals surface area contributed by atoms with Gasteiger partial charge in [-0.3, -0.25) is 0 Å². The molecule has 0 amide bonds. The van der Waals surface area contributed by atoms with Crippen LogP contribution in [0.1, 0.15) is 16.1 Å². The van der Waals surface area contributed by atoms with Crippen molar-refractivity contribution in [1.82, 2.24) is 4.98 Å². The molecule has 0 unspecified atom stereocenters. The minimum atomic E-state index is -1.26. The zero-order valence-electron chi connectivity index (χ0n) is 8.35. The number of carboxylic acids is 1. The van der Waals surface area contributed by atoms with Crippen LogP contribution in [0.15, 0.2) is 28.8 Å². The second-order valence-electron chi connectivity index (χ2n) is 3.18. The van der Waals surface area contributed by atoms with Gasteiger partial charge in [0.1, 0.15) is 5.82 Å². The Morgan fingerprint density at radius 2 is 2.24 bits per heavy atom. The molecule has 0 radical (unpaired) electrons. The van der Waals surface area contributed by atoms with Gasteiger partial charge in [-0.1, -0.05) is 0 Å². The van der Waals surface area contributed by atoms with Crippen molar-refractivity contribution in [2.75, 3.05) is 0 Å². The van der Waals surface area contributed by atoms with Crippen molar-refractivity contribution < 1.29 is 18.7 Å². The van der Waals surface area contributed by atoms with Crippen LogP contribution in [0.25, 0.3) is 11.5 Å². The molecule has 0 bridgehead atoms. The van der Waals surface area contributed by atoms with Crippen molar-refractivity contribution in [3.63, 3.8) is 0 Å². The van der Waals surface area contributed by atoms with E-state index in [-0.39, 0.29) is 22.8 Å². The molecule has 6 heteroatoms. The van der Waals surface area contributed by atoms with E-state index < -0.39 is 11.8 Å². The molecule has 1 N–H and O–H groups in total. The highest BCUT2D eigenvalue weighted by Gasteiger charge is 2.13. The molecule has 1 heterocycles. The van der Waals surface area contributed by atoms with Crippen LogP contribution in [0.4, 0.5) is 4.39 Å². The molecule has 0 aliphatic carbocycles. The molecular weight excluding hydrogens is 227 g/mol. The van der Waals surface area contributed by atoms with Gasteiger partial charge in [0.2, 0.25) is 11.7 Å². The van der Waals surface area contributed by atoms with Crippen LogP contribution in [0.2, 0.25) is 0 Å². The number of benzene rings is 1. The molecule has 84 valence electrons. The number of oxazole rings is 1. The summed E-state index contributed by atoms with van der Waals surface area (Å²) in [4.78, 5) is 14.3. The zero-order chi connectivity index (χ0) is 12.4. The summed E-state index contributed by atoms with van der Waals surface area (Å²) in [6, 6.07) is 5.31. The van der Waals surface area contributed by atoms with Crippen molar-refractivity contribution in [2.45, 2.75) is 0 Å². The van der Waals surface area contributed by atoms with Crippen LogP contribution >= 0.6 is 0 Å². The van der Waals surface area contributed by atoms with Crippen LogP contribution < -0.4 is 0 Å². The summed E-state index contributed by atoms with van der Waals surface area (Å²) in [5.74, 6) is -2.27. The third kappa shape index (κ3) is 2.13. The highest BCUT2D eigenvalue weighted by Crippen LogP contribution is 2.21. The highest BCUT2D eigenvalue weighted by atomic mass is 19.1. The first-order valence-corrected chi connectivity index (χ1v) is 4.50. The topological polar surface area (TPSA) is 87.1 Å². The molecule has 0 saturated heterocycles. The Balaban J connectivity index is 2.49. The van der Waals surface area contributed by atoms with Gasteiger partial charge in [0.15, 0.2) is 0 Å². The molecule has 2 rings (SSSR count). The maximum atomic E-state index is 13.1. The molecule has 17 heavy (non-hydrogen) atoms. The minimum absolute atomic E-state index is 0.0431. The Hall–Kier alpha value is -2.68. The van der Waals surface area contributed by atoms with Crippen molar-refractivity contribution >= 4 is 5.97 Å². The maximum absolute atomic E-state index is 13.1. The molecule has 0 atom stereocenters. The Labute approximate surface area is 94.7 Å². The number of carbonyl (C=O) groups is 1. The van der Waals surface area contributed by atoms with Crippen molar-refractivity contribution in [3.8, 4) is 17.5 Å². The summed E-state index contributed by atoms with van der Waals surface area (Å²) >= 11 is 0. The first-order chi connectivity index (χ1) is 8.10. The normalized spacial score (nSPS) is 9.88. The quantitative estimate of drug-likeness (QED) is 0.856. The van der Waals surface area contributed by atoms with Gasteiger partial charge in [0.05, 0.1) is 17.8 Å². The third-order valence-electron chi connectivity index (χ3n) is 1.99. The summed E-state index contributed by atoms with van der Waals surface area (Å²) in [5.41, 5.74) is 0.323. The lowest BCUT2D eigenvalue weighted by atomic mass is 10.1. The van der Waals surface area contributed by atoms with Gasteiger partial charge in [-0.25, -0.2) is 14.2 Å². The van der Waals surface area contributed by atoms with Gasteiger partial charge < -0.3 is 9.52 Å². The number of hydrogen-bond donors (Lipinski definition) is 1. The van der Waals surface area contributed by atoms with Gasteiger partial charge in [-0.2, -0.15) is 5.26 Å². The lowest BCUT2D eigenvalue weighted by Crippen LogP contribution is -1.91. The smallest absolute Gasteiger partial charge is 0.373 e. The standard InChI is InChI=1S/C11H5FN2O3/c12-8-2-6(4-13)1-7(3-8)10-14-5-9(17-10)11(15)16/h1-3,5H,(H,15,16). The first-order valence-electron chi connectivity index (χ1n) is 4.50. The molecule has 0 aliphatic rings. The maximum Gasteiger partial charge on any atom is 0.373 e. The number of nitriles is 1. The van der Waals surface area contributed by atoms with Crippen LogP contribution in [0, 0.1) is 17.1 Å². The van der Waals surface area contributed by atoms with Gasteiger partial charge in [-0.05, 0) is 18.2 Å². The van der Waals surface area contributed by atoms with E-state index in [1.807, 2.05) is 0 Å². The number of aromatic carboxylic acids is 1. The predicted octanol–water partition coefficient (Wildman–Crippen LogP) is 2.05. The zero-order valence-corrected chi connectivity index (χ0v) is 8.35. The summed E-state index contributed by atoms with van der Waals surface area (Å²) in [6.07, 6.45) is 1.02. The van der Waals surface area contributed by atoms with E-state index in [0.717, 1.165) is 18.3 Å². The fourth-order valence-electron chi connectivity index (χ4n) is 1.28. The summed E-state index contributed by atoms with van der Waals surface area (Å²) in [7, 11) is 0. The van der Waals surface area contributed by atoms with Crippen molar-refractivity contribution in [3.05, 3.63) is 41.5 Å². The fourth-order valence-corrected chi connectivity index (χ4v) is 1.28. The number of hydrogen-bond acceptors (Lipinski definition) is 4. The summed E-state index contributed by atoms with van der Waals surface area (Å²) in [6.45, 7) is 0. The van der Waals surface area contributed by atoms with Crippen molar-refractivity contribution in [1.29, 1.82) is 5.26 Å². The molecule has 2 aromatic rings. The second-order valence-corrected chi connectivity index (χ2v) is 3.18. The number of rotatable bonds is 2. The monoisotopic (exact) mass is 232 g/mol. The van der Waals surface area contributed by atoms with Gasteiger partial charge in [-0.15, -0.1) is 0 Å². The highest BCUT2D eigenvalue weighted by molar-refractivity contribution is 5.84. The van der Waals surface area contributed by atoms with E-state index in [1.165, 1.54) is 6.07 Å². The van der Waals surface area contributed by atoms with E-state index in [9.17, 15) is 9.18 Å². The van der Waals surface area contributed by atoms with Crippen LogP contribution in [0.5, 0.6) is 0 Å². The van der Waals surface area contributed by atoms with Crippen LogP contribution in [0.3, 0.4) is 0 Å². The van der Waals surface area contributed by atoms with Gasteiger partial charge in [0.25, 0.3) is 0 Å². The van der Waals surface area contributed by atoms with Gasteiger partial charge >= 0.3 is 5.97 Å². The second kappa shape index (κ2) is 4.06. The molecular formula is C11H5FN2O3. The van der Waals surface area contributed by atoms with E-state index in [1.54, 1.807) is 6.07 Å². The first kappa shape index (κ1) is 10.8. The van der Waals surface area contributed by atoms with E-state index in [0.29, 0.717) is 0 Å². The number of carboxylic acid groups (broad SMARTS) is 1. The average molecular weight is 232 g/mol. The van der Waals surface area contributed by atoms with Crippen LogP contribution in [-0.4, -0.2) is 16.1 Å². The van der Waals surface area contributed by atoms with E-state index in [2.05, 4.69) is 4.98 Å². The molecule has 0 aliphatic heterocycles. The summed E-state index contributed by atoms with van der Waals surface area (Å²) in [5, 5.41) is 17.3. The molecule has 1 aromatic carbocycles. The Morgan fingerprint density at radius 1 is 1.47 bits per heavy atom. The largest absolute Gasteiger partial charge is 0.475 e. The molecule has 0 saturated carbocycles. The molecule has 1 aromatic heterocycles. The Kier molecular flexibility index (Phi) is 2.58. The predicted molar refractivity (Wildman–Crippen MR) is 53.6 cm³/mol.